The van der Waals surface area contributed by atoms with Crippen LogP contribution < -0.4 is 0 Å². The summed E-state index contributed by atoms with van der Waals surface area (Å²) in [4.78, 5) is 35.8. The smallest absolute Gasteiger partial charge is 0.410 e. The highest BCUT2D eigenvalue weighted by molar-refractivity contribution is 8.45. The van der Waals surface area contributed by atoms with Crippen molar-refractivity contribution in [2.24, 2.45) is 11.8 Å². The second kappa shape index (κ2) is 8.63. The Hall–Kier alpha value is -2.37. The Morgan fingerprint density at radius 3 is 2.09 bits per heavy atom. The van der Waals surface area contributed by atoms with Gasteiger partial charge in [0.2, 0.25) is 0 Å². The fraction of sp³-hybridized carbons (Fsp3) is 0.609. The summed E-state index contributed by atoms with van der Waals surface area (Å²) >= 11 is 0. The fourth-order valence-corrected chi connectivity index (χ4v) is 4.51. The molecule has 1 aromatic rings. The lowest BCUT2D eigenvalue weighted by Gasteiger charge is -2.41. The summed E-state index contributed by atoms with van der Waals surface area (Å²) in [7, 11) is -10.1. The predicted molar refractivity (Wildman–Crippen MR) is 122 cm³/mol. The average Bonchev–Trinajstić information content (AvgIpc) is 3.11. The maximum Gasteiger partial charge on any atom is 0.410 e. The van der Waals surface area contributed by atoms with Crippen molar-refractivity contribution < 1.29 is 43.3 Å². The minimum absolute atomic E-state index is 0.0405. The lowest BCUT2D eigenvalue weighted by atomic mass is 9.85. The van der Waals surface area contributed by atoms with Gasteiger partial charge in [-0.1, -0.05) is 19.4 Å². The van der Waals surface area contributed by atoms with Crippen LogP contribution >= 0.6 is 10.2 Å². The average molecular weight is 530 g/mol. The highest BCUT2D eigenvalue weighted by Gasteiger charge is 2.65. The van der Waals surface area contributed by atoms with Gasteiger partial charge in [-0.2, -0.15) is 0 Å². The minimum atomic E-state index is -10.1. The summed E-state index contributed by atoms with van der Waals surface area (Å²) in [5, 5.41) is 0. The molecule has 1 fully saturated rings. The molecule has 1 aliphatic heterocycles. The van der Waals surface area contributed by atoms with Gasteiger partial charge in [0.1, 0.15) is 22.4 Å². The van der Waals surface area contributed by atoms with Crippen molar-refractivity contribution >= 4 is 28.6 Å². The monoisotopic (exact) mass is 529 g/mol. The molecule has 1 amide bonds. The first-order valence-electron chi connectivity index (χ1n) is 11.0. The topological polar surface area (TPSA) is 72.9 Å². The van der Waals surface area contributed by atoms with Crippen molar-refractivity contribution in [1.29, 1.82) is 0 Å². The number of halogens is 5. The zero-order chi connectivity index (χ0) is 27.1. The van der Waals surface area contributed by atoms with E-state index < -0.39 is 55.8 Å². The molecule has 6 nitrogen and oxygen atoms in total. The Labute approximate surface area is 201 Å². The van der Waals surface area contributed by atoms with Crippen LogP contribution in [0.1, 0.15) is 63.9 Å². The number of amides is 1. The van der Waals surface area contributed by atoms with Crippen LogP contribution in [0, 0.1) is 11.8 Å². The van der Waals surface area contributed by atoms with Gasteiger partial charge in [0.25, 0.3) is 0 Å². The number of nitrogens with zero attached hydrogens (tertiary/aromatic N) is 1. The molecule has 0 radical (unpaired) electrons. The van der Waals surface area contributed by atoms with E-state index in [0.717, 1.165) is 6.07 Å². The van der Waals surface area contributed by atoms with E-state index in [1.54, 1.807) is 41.5 Å². The normalized spacial score (nSPS) is 20.0. The van der Waals surface area contributed by atoms with Gasteiger partial charge in [-0.25, -0.2) is 4.79 Å². The van der Waals surface area contributed by atoms with Crippen molar-refractivity contribution in [3.05, 3.63) is 29.3 Å². The van der Waals surface area contributed by atoms with Gasteiger partial charge in [-0.3, -0.25) is 9.59 Å². The summed E-state index contributed by atoms with van der Waals surface area (Å²) in [6.45, 7) is 10.2. The Bertz CT molecular complexity index is 999. The third-order valence-corrected chi connectivity index (χ3v) is 6.31. The quantitative estimate of drug-likeness (QED) is 0.227. The zero-order valence-corrected chi connectivity index (χ0v) is 21.4. The number of aldehydes is 1. The third kappa shape index (κ3) is 8.66. The second-order valence-electron chi connectivity index (χ2n) is 10.8. The van der Waals surface area contributed by atoms with Gasteiger partial charge in [0, 0.05) is 18.7 Å². The second-order valence-corrected chi connectivity index (χ2v) is 13.2. The summed E-state index contributed by atoms with van der Waals surface area (Å²) in [5.74, 6) is -2.31. The van der Waals surface area contributed by atoms with Crippen LogP contribution in [0.3, 0.4) is 0 Å². The highest BCUT2D eigenvalue weighted by Crippen LogP contribution is 3.02. The van der Waals surface area contributed by atoms with Gasteiger partial charge in [-0.05, 0) is 84.1 Å². The lowest BCUT2D eigenvalue weighted by Crippen LogP contribution is -2.38. The van der Waals surface area contributed by atoms with Crippen LogP contribution in [0.2, 0.25) is 0 Å². The van der Waals surface area contributed by atoms with Gasteiger partial charge in [0.15, 0.2) is 0 Å². The number of hydrogen-bond acceptors (Lipinski definition) is 5. The summed E-state index contributed by atoms with van der Waals surface area (Å²) < 4.78 is 78.2. The molecule has 0 saturated carbocycles. The molecule has 1 saturated heterocycles. The molecule has 1 heterocycles. The van der Waals surface area contributed by atoms with Gasteiger partial charge in [-0.15, -0.1) is 0 Å². The largest absolute Gasteiger partial charge is 0.460 e. The SMILES string of the molecule is CC(C)(C)OC(=O)[C@@H](Cc1cc(C=O)cc(S(F)(F)(F)(F)F)c1)[C@H]1CCN(C(=O)OC(C)(C)C)C1. The Kier molecular flexibility index (Phi) is 7.12. The van der Waals surface area contributed by atoms with Crippen LogP contribution in [-0.4, -0.2) is 47.5 Å². The van der Waals surface area contributed by atoms with Gasteiger partial charge in [0.05, 0.1) is 5.92 Å². The first-order chi connectivity index (χ1) is 15.5. The molecule has 0 spiro atoms. The van der Waals surface area contributed by atoms with Crippen molar-refractivity contribution in [3.63, 3.8) is 0 Å². The zero-order valence-electron chi connectivity index (χ0n) is 20.6. The summed E-state index contributed by atoms with van der Waals surface area (Å²) in [6, 6.07) is 1.41. The Morgan fingerprint density at radius 1 is 1.03 bits per heavy atom. The fourth-order valence-electron chi connectivity index (χ4n) is 3.78. The maximum absolute atomic E-state index is 13.5. The minimum Gasteiger partial charge on any atom is -0.460 e. The molecular formula is C23H32F5NO5S. The maximum atomic E-state index is 13.5. The molecular weight excluding hydrogens is 497 g/mol. The van der Waals surface area contributed by atoms with Crippen molar-refractivity contribution in [3.8, 4) is 0 Å². The van der Waals surface area contributed by atoms with Gasteiger partial charge >= 0.3 is 22.3 Å². The van der Waals surface area contributed by atoms with E-state index >= 15 is 0 Å². The van der Waals surface area contributed by atoms with Crippen LogP contribution in [-0.2, 0) is 20.7 Å². The van der Waals surface area contributed by atoms with E-state index in [9.17, 15) is 33.8 Å². The number of benzene rings is 1. The molecule has 1 aliphatic rings. The number of rotatable bonds is 6. The summed E-state index contributed by atoms with van der Waals surface area (Å²) in [5.41, 5.74) is -2.52. The number of carbonyl (C=O) groups is 3. The molecule has 12 heteroatoms. The van der Waals surface area contributed by atoms with Crippen LogP contribution in [0.25, 0.3) is 0 Å². The molecule has 2 rings (SSSR count). The molecule has 0 aromatic heterocycles. The lowest BCUT2D eigenvalue weighted by molar-refractivity contribution is -0.162. The number of hydrogen-bond donors (Lipinski definition) is 0. The van der Waals surface area contributed by atoms with E-state index in [-0.39, 0.29) is 43.5 Å². The van der Waals surface area contributed by atoms with Crippen molar-refractivity contribution in [1.82, 2.24) is 4.90 Å². The van der Waals surface area contributed by atoms with E-state index in [2.05, 4.69) is 0 Å². The molecule has 0 unspecified atom stereocenters. The van der Waals surface area contributed by atoms with E-state index in [1.807, 2.05) is 0 Å². The first kappa shape index (κ1) is 28.9. The van der Waals surface area contributed by atoms with Gasteiger partial charge < -0.3 is 14.4 Å². The molecule has 0 bridgehead atoms. The molecule has 200 valence electrons. The highest BCUT2D eigenvalue weighted by atomic mass is 32.5. The van der Waals surface area contributed by atoms with E-state index in [1.165, 1.54) is 4.90 Å². The Balaban J connectivity index is 2.41. The first-order valence-corrected chi connectivity index (χ1v) is 13.0. The van der Waals surface area contributed by atoms with Crippen LogP contribution in [0.5, 0.6) is 0 Å². The van der Waals surface area contributed by atoms with E-state index in [0.29, 0.717) is 6.42 Å². The predicted octanol–water partition coefficient (Wildman–Crippen LogP) is 6.91. The summed E-state index contributed by atoms with van der Waals surface area (Å²) in [6.07, 6.45) is -0.623. The number of ether oxygens (including phenoxy) is 2. The molecule has 0 N–H and O–H groups in total. The van der Waals surface area contributed by atoms with Crippen LogP contribution in [0.15, 0.2) is 23.1 Å². The standard InChI is InChI=1S/C23H32F5NO5S/c1-22(2,3)33-20(31)19(17-7-8-29(13-17)21(32)34-23(4,5)6)12-15-9-16(14-30)11-18(10-15)35(24,25,26,27)28/h9-11,14,17,19H,7-8,12-13H2,1-6H3/t17-,19-/m0/s1. The van der Waals surface area contributed by atoms with Crippen molar-refractivity contribution in [2.45, 2.75) is 70.5 Å². The molecule has 0 aliphatic carbocycles. The molecule has 35 heavy (non-hydrogen) atoms. The molecule has 1 aromatic carbocycles. The number of likely N-dealkylation sites (tertiary alicyclic amines) is 1. The Morgan fingerprint density at radius 2 is 1.60 bits per heavy atom. The number of esters is 1. The van der Waals surface area contributed by atoms with Crippen molar-refractivity contribution in [2.75, 3.05) is 13.1 Å². The third-order valence-electron chi connectivity index (χ3n) is 5.18. The van der Waals surface area contributed by atoms with E-state index in [4.69, 9.17) is 9.47 Å². The van der Waals surface area contributed by atoms with Crippen LogP contribution in [0.4, 0.5) is 24.2 Å². The number of carbonyl (C=O) groups excluding carboxylic acids is 3. The molecule has 2 atom stereocenters.